The van der Waals surface area contributed by atoms with Gasteiger partial charge in [0.2, 0.25) is 0 Å². The van der Waals surface area contributed by atoms with Gasteiger partial charge in [0.15, 0.2) is 0 Å². The van der Waals surface area contributed by atoms with Gasteiger partial charge in [-0.1, -0.05) is 0 Å². The van der Waals surface area contributed by atoms with Gasteiger partial charge in [0.1, 0.15) is 6.04 Å². The van der Waals surface area contributed by atoms with Crippen molar-refractivity contribution in [2.24, 2.45) is 5.73 Å². The zero-order valence-corrected chi connectivity index (χ0v) is 8.29. The minimum absolute atomic E-state index is 0.208. The van der Waals surface area contributed by atoms with E-state index in [1.54, 1.807) is 0 Å². The lowest BCUT2D eigenvalue weighted by molar-refractivity contribution is -0.160. The Morgan fingerprint density at radius 2 is 2.14 bits per heavy atom. The Balaban J connectivity index is 3.57. The van der Waals surface area contributed by atoms with Crippen molar-refractivity contribution in [1.82, 2.24) is 0 Å². The van der Waals surface area contributed by atoms with Gasteiger partial charge in [-0.2, -0.15) is 0 Å². The maximum atomic E-state index is 11.0. The van der Waals surface area contributed by atoms with Gasteiger partial charge in [-0.15, -0.1) is 12.3 Å². The maximum Gasteiger partial charge on any atom is 0.330 e. The lowest BCUT2D eigenvalue weighted by Crippen LogP contribution is -2.30. The van der Waals surface area contributed by atoms with Gasteiger partial charge in [0, 0.05) is 12.8 Å². The smallest absolute Gasteiger partial charge is 0.330 e. The molecule has 0 saturated carbocycles. The summed E-state index contributed by atoms with van der Waals surface area (Å²) in [6, 6.07) is -0.760. The largest absolute Gasteiger partial charge is 0.392 e. The first kappa shape index (κ1) is 12.7. The van der Waals surface area contributed by atoms with Gasteiger partial charge in [-0.05, 0) is 19.8 Å². The van der Waals surface area contributed by atoms with Gasteiger partial charge in [0.05, 0.1) is 0 Å². The molecule has 0 spiro atoms. The molecular weight excluding hydrogens is 182 g/mol. The average molecular weight is 197 g/mol. The van der Waals surface area contributed by atoms with Crippen LogP contribution in [0.3, 0.4) is 0 Å². The average Bonchev–Trinajstić information content (AvgIpc) is 2.12. The number of terminal acetylenes is 1. The molecule has 0 fully saturated rings. The van der Waals surface area contributed by atoms with E-state index in [9.17, 15) is 9.59 Å². The van der Waals surface area contributed by atoms with Crippen LogP contribution < -0.4 is 5.73 Å². The molecule has 0 aliphatic heterocycles. The number of ether oxygens (including phenoxy) is 1. The fourth-order valence-electron chi connectivity index (χ4n) is 0.753. The first-order valence-corrected chi connectivity index (χ1v) is 4.51. The van der Waals surface area contributed by atoms with Gasteiger partial charge >= 0.3 is 11.9 Å². The van der Waals surface area contributed by atoms with Crippen molar-refractivity contribution in [1.29, 1.82) is 0 Å². The van der Waals surface area contributed by atoms with Crippen LogP contribution in [0.15, 0.2) is 0 Å². The van der Waals surface area contributed by atoms with Crippen LogP contribution in [-0.4, -0.2) is 18.0 Å². The molecular formula is C10H15NO3. The van der Waals surface area contributed by atoms with Gasteiger partial charge in [0.25, 0.3) is 0 Å². The number of rotatable bonds is 5. The highest BCUT2D eigenvalue weighted by Gasteiger charge is 2.13. The van der Waals surface area contributed by atoms with Gasteiger partial charge in [-0.3, -0.25) is 4.79 Å². The van der Waals surface area contributed by atoms with Crippen LogP contribution in [0.2, 0.25) is 0 Å². The first-order chi connectivity index (χ1) is 6.57. The van der Waals surface area contributed by atoms with E-state index in [0.29, 0.717) is 12.8 Å². The maximum absolute atomic E-state index is 11.0. The fraction of sp³-hybridized carbons (Fsp3) is 0.600. The van der Waals surface area contributed by atoms with Crippen molar-refractivity contribution in [2.75, 3.05) is 0 Å². The van der Waals surface area contributed by atoms with Crippen LogP contribution in [0.1, 0.15) is 32.6 Å². The summed E-state index contributed by atoms with van der Waals surface area (Å²) in [5.74, 6) is 1.24. The number of nitrogens with two attached hydrogens (primary N) is 1. The van der Waals surface area contributed by atoms with Gasteiger partial charge < -0.3 is 10.5 Å². The highest BCUT2D eigenvalue weighted by Crippen LogP contribution is 2.01. The zero-order chi connectivity index (χ0) is 11.0. The highest BCUT2D eigenvalue weighted by molar-refractivity contribution is 5.87. The molecule has 0 aliphatic carbocycles. The van der Waals surface area contributed by atoms with Crippen LogP contribution in [0.4, 0.5) is 0 Å². The standard InChI is InChI=1S/C10H15NO3/c1-3-4-5-6-7-9(12)14-10(13)8(2)11/h1,8H,4-7,11H2,2H3. The topological polar surface area (TPSA) is 69.4 Å². The molecule has 0 aliphatic rings. The summed E-state index contributed by atoms with van der Waals surface area (Å²) in [6.07, 6.45) is 7.27. The number of unbranched alkanes of at least 4 members (excludes halogenated alkanes) is 2. The van der Waals surface area contributed by atoms with Crippen molar-refractivity contribution >= 4 is 11.9 Å². The Kier molecular flexibility index (Phi) is 6.42. The Labute approximate surface area is 83.8 Å². The molecule has 0 amide bonds. The quantitative estimate of drug-likeness (QED) is 0.303. The first-order valence-electron chi connectivity index (χ1n) is 4.51. The van der Waals surface area contributed by atoms with Crippen LogP contribution in [0.25, 0.3) is 0 Å². The van der Waals surface area contributed by atoms with Crippen molar-refractivity contribution < 1.29 is 14.3 Å². The van der Waals surface area contributed by atoms with Crippen molar-refractivity contribution in [3.63, 3.8) is 0 Å². The molecule has 4 nitrogen and oxygen atoms in total. The van der Waals surface area contributed by atoms with Crippen LogP contribution in [0.5, 0.6) is 0 Å². The second-order valence-electron chi connectivity index (χ2n) is 2.99. The third-order valence-corrected chi connectivity index (χ3v) is 1.54. The summed E-state index contributed by atoms with van der Waals surface area (Å²) in [6.45, 7) is 1.47. The van der Waals surface area contributed by atoms with E-state index < -0.39 is 18.0 Å². The molecule has 0 aromatic carbocycles. The number of hydrogen-bond donors (Lipinski definition) is 1. The third kappa shape index (κ3) is 6.21. The van der Waals surface area contributed by atoms with E-state index in [-0.39, 0.29) is 6.42 Å². The summed E-state index contributed by atoms with van der Waals surface area (Å²) < 4.78 is 4.44. The highest BCUT2D eigenvalue weighted by atomic mass is 16.6. The van der Waals surface area contributed by atoms with Crippen molar-refractivity contribution in [2.45, 2.75) is 38.6 Å². The Morgan fingerprint density at radius 1 is 1.50 bits per heavy atom. The molecule has 14 heavy (non-hydrogen) atoms. The Bertz CT molecular complexity index is 240. The lowest BCUT2D eigenvalue weighted by Gasteiger charge is -2.04. The number of esters is 2. The SMILES string of the molecule is C#CCCCCC(=O)OC(=O)C(C)N. The number of hydrogen-bond acceptors (Lipinski definition) is 4. The second-order valence-corrected chi connectivity index (χ2v) is 2.99. The minimum Gasteiger partial charge on any atom is -0.392 e. The van der Waals surface area contributed by atoms with Crippen molar-refractivity contribution in [3.05, 3.63) is 0 Å². The summed E-state index contributed by atoms with van der Waals surface area (Å²) in [5.41, 5.74) is 5.21. The predicted octanol–water partition coefficient (Wildman–Crippen LogP) is 0.597. The second kappa shape index (κ2) is 7.10. The normalized spacial score (nSPS) is 11.5. The molecule has 2 N–H and O–H groups in total. The van der Waals surface area contributed by atoms with E-state index in [1.165, 1.54) is 6.92 Å². The summed E-state index contributed by atoms with van der Waals surface area (Å²) in [7, 11) is 0. The van der Waals surface area contributed by atoms with Crippen LogP contribution in [-0.2, 0) is 14.3 Å². The van der Waals surface area contributed by atoms with E-state index in [2.05, 4.69) is 10.7 Å². The van der Waals surface area contributed by atoms with E-state index >= 15 is 0 Å². The summed E-state index contributed by atoms with van der Waals surface area (Å²) in [4.78, 5) is 21.8. The molecule has 0 heterocycles. The van der Waals surface area contributed by atoms with Crippen molar-refractivity contribution in [3.8, 4) is 12.3 Å². The molecule has 0 rings (SSSR count). The molecule has 0 saturated heterocycles. The van der Waals surface area contributed by atoms with Crippen LogP contribution in [0, 0.1) is 12.3 Å². The molecule has 1 unspecified atom stereocenters. The van der Waals surface area contributed by atoms with Crippen LogP contribution >= 0.6 is 0 Å². The molecule has 4 heteroatoms. The zero-order valence-electron chi connectivity index (χ0n) is 8.29. The summed E-state index contributed by atoms with van der Waals surface area (Å²) in [5, 5.41) is 0. The Morgan fingerprint density at radius 3 is 2.64 bits per heavy atom. The molecule has 0 radical (unpaired) electrons. The summed E-state index contributed by atoms with van der Waals surface area (Å²) >= 11 is 0. The van der Waals surface area contributed by atoms with E-state index in [0.717, 1.165) is 6.42 Å². The van der Waals surface area contributed by atoms with E-state index in [4.69, 9.17) is 12.2 Å². The molecule has 0 aromatic heterocycles. The lowest BCUT2D eigenvalue weighted by atomic mass is 10.2. The molecule has 78 valence electrons. The number of carbonyl (C=O) groups is 2. The van der Waals surface area contributed by atoms with Gasteiger partial charge in [-0.25, -0.2) is 4.79 Å². The monoisotopic (exact) mass is 197 g/mol. The molecule has 0 aromatic rings. The predicted molar refractivity (Wildman–Crippen MR) is 52.0 cm³/mol. The third-order valence-electron chi connectivity index (χ3n) is 1.54. The molecule has 1 atom stereocenters. The van der Waals surface area contributed by atoms with E-state index in [1.807, 2.05) is 0 Å². The Hall–Kier alpha value is -1.34. The number of carbonyl (C=O) groups excluding carboxylic acids is 2. The minimum atomic E-state index is -0.760. The molecule has 0 bridgehead atoms. The fourth-order valence-corrected chi connectivity index (χ4v) is 0.753.